The Hall–Kier alpha value is -2.16. The molecular weight excluding hydrogens is 350 g/mol. The van der Waals surface area contributed by atoms with E-state index in [2.05, 4.69) is 29.3 Å². The fourth-order valence-electron chi connectivity index (χ4n) is 3.69. The Bertz CT molecular complexity index is 896. The van der Waals surface area contributed by atoms with Crippen LogP contribution in [-0.4, -0.2) is 60.0 Å². The van der Waals surface area contributed by atoms with E-state index in [1.165, 1.54) is 21.8 Å². The summed E-state index contributed by atoms with van der Waals surface area (Å²) < 4.78 is 6.87. The molecule has 1 aliphatic rings. The van der Waals surface area contributed by atoms with Crippen LogP contribution >= 0.6 is 11.3 Å². The first-order valence-electron chi connectivity index (χ1n) is 8.91. The minimum absolute atomic E-state index is 0.0720. The van der Waals surface area contributed by atoms with Crippen LogP contribution in [0.25, 0.3) is 4.96 Å². The molecule has 7 nitrogen and oxygen atoms in total. The van der Waals surface area contributed by atoms with E-state index in [1.807, 2.05) is 19.1 Å². The molecule has 0 saturated carbocycles. The molecule has 1 atom stereocenters. The zero-order valence-corrected chi connectivity index (χ0v) is 16.1. The van der Waals surface area contributed by atoms with E-state index in [-0.39, 0.29) is 11.9 Å². The van der Waals surface area contributed by atoms with Crippen LogP contribution in [0.1, 0.15) is 22.3 Å². The van der Waals surface area contributed by atoms with Crippen LogP contribution in [0.3, 0.4) is 0 Å². The molecule has 0 spiro atoms. The van der Waals surface area contributed by atoms with Gasteiger partial charge in [0.25, 0.3) is 0 Å². The number of hydrogen-bond acceptors (Lipinski definition) is 5. The van der Waals surface area contributed by atoms with Crippen molar-refractivity contribution in [3.05, 3.63) is 40.5 Å². The van der Waals surface area contributed by atoms with Crippen LogP contribution in [0.4, 0.5) is 0 Å². The average molecular weight is 375 g/mol. The molecule has 0 aliphatic carbocycles. The highest BCUT2D eigenvalue weighted by Gasteiger charge is 2.35. The van der Waals surface area contributed by atoms with Crippen molar-refractivity contribution in [2.75, 3.05) is 40.3 Å². The number of aromatic nitrogens is 3. The maximum atomic E-state index is 10.8. The third-order valence-corrected chi connectivity index (χ3v) is 6.26. The van der Waals surface area contributed by atoms with Crippen molar-refractivity contribution in [2.45, 2.75) is 13.0 Å². The Balaban J connectivity index is 1.77. The molecule has 3 aromatic rings. The van der Waals surface area contributed by atoms with Gasteiger partial charge in [-0.1, -0.05) is 11.3 Å². The number of rotatable bonds is 4. The Kier molecular flexibility index (Phi) is 4.56. The van der Waals surface area contributed by atoms with Gasteiger partial charge in [-0.25, -0.2) is 4.98 Å². The topological polar surface area (TPSA) is 68.5 Å². The first-order valence-corrected chi connectivity index (χ1v) is 9.73. The number of hydrogen-bond donors (Lipinski definition) is 3. The number of thiazole rings is 1. The largest absolute Gasteiger partial charge is 0.497 e. The van der Waals surface area contributed by atoms with Gasteiger partial charge in [-0.05, 0) is 31.2 Å². The van der Waals surface area contributed by atoms with Gasteiger partial charge in [-0.3, -0.25) is 0 Å². The summed E-state index contributed by atoms with van der Waals surface area (Å²) in [7, 11) is 3.91. The molecule has 1 aromatic carbocycles. The predicted molar refractivity (Wildman–Crippen MR) is 99.4 cm³/mol. The van der Waals surface area contributed by atoms with E-state index in [4.69, 9.17) is 4.74 Å². The molecule has 0 unspecified atom stereocenters. The number of aromatic hydroxyl groups is 1. The lowest BCUT2D eigenvalue weighted by Gasteiger charge is -2.33. The molecule has 1 saturated heterocycles. The highest BCUT2D eigenvalue weighted by Crippen LogP contribution is 2.35. The number of quaternary nitrogens is 2. The van der Waals surface area contributed by atoms with Crippen molar-refractivity contribution in [3.63, 3.8) is 0 Å². The van der Waals surface area contributed by atoms with E-state index in [9.17, 15) is 5.11 Å². The molecule has 26 heavy (non-hydrogen) atoms. The standard InChI is InChI=1S/C18H23N5O2S/c1-12-19-18-23(20-12)17(24)16(26-18)15(22-10-8-21(2)9-11-22)13-4-6-14(25-3)7-5-13/h4-7,15,24H,8-11H2,1-3H3/p+2/t15-/m1/s1. The molecular formula is C18H25N5O2S+2. The number of ether oxygens (including phenoxy) is 1. The summed E-state index contributed by atoms with van der Waals surface area (Å²) in [6, 6.07) is 8.25. The van der Waals surface area contributed by atoms with Gasteiger partial charge in [0.1, 0.15) is 42.6 Å². The van der Waals surface area contributed by atoms with Crippen molar-refractivity contribution in [1.82, 2.24) is 14.6 Å². The summed E-state index contributed by atoms with van der Waals surface area (Å²) in [4.78, 5) is 9.14. The zero-order chi connectivity index (χ0) is 18.3. The van der Waals surface area contributed by atoms with Crippen molar-refractivity contribution in [2.24, 2.45) is 0 Å². The quantitative estimate of drug-likeness (QED) is 0.565. The van der Waals surface area contributed by atoms with Gasteiger partial charge in [-0.15, -0.1) is 5.10 Å². The molecule has 8 heteroatoms. The maximum absolute atomic E-state index is 10.8. The van der Waals surface area contributed by atoms with Gasteiger partial charge in [0.2, 0.25) is 10.8 Å². The highest BCUT2D eigenvalue weighted by atomic mass is 32.1. The average Bonchev–Trinajstić information content (AvgIpc) is 3.15. The predicted octanol–water partition coefficient (Wildman–Crippen LogP) is -0.684. The van der Waals surface area contributed by atoms with Crippen LogP contribution in [0.15, 0.2) is 24.3 Å². The van der Waals surface area contributed by atoms with E-state index in [1.54, 1.807) is 16.5 Å². The van der Waals surface area contributed by atoms with Crippen molar-refractivity contribution in [3.8, 4) is 11.6 Å². The summed E-state index contributed by atoms with van der Waals surface area (Å²) in [6.07, 6.45) is 0. The Morgan fingerprint density at radius 3 is 2.50 bits per heavy atom. The maximum Gasteiger partial charge on any atom is 0.235 e. The Morgan fingerprint density at radius 2 is 1.88 bits per heavy atom. The molecule has 1 aliphatic heterocycles. The zero-order valence-electron chi connectivity index (χ0n) is 15.3. The lowest BCUT2D eigenvalue weighted by molar-refractivity contribution is -1.02. The first-order chi connectivity index (χ1) is 12.6. The second-order valence-electron chi connectivity index (χ2n) is 6.96. The number of nitrogens with one attached hydrogen (secondary N) is 2. The SMILES string of the molecule is COc1ccc([C@H](c2sc3nc(C)nn3c2O)[NH+]2CC[NH+](C)CC2)cc1. The normalized spacial score (nSPS) is 21.8. The van der Waals surface area contributed by atoms with Crippen LogP contribution in [-0.2, 0) is 0 Å². The highest BCUT2D eigenvalue weighted by molar-refractivity contribution is 7.17. The number of aryl methyl sites for hydroxylation is 1. The molecule has 0 bridgehead atoms. The molecule has 138 valence electrons. The first kappa shape index (κ1) is 17.3. The monoisotopic (exact) mass is 375 g/mol. The second kappa shape index (κ2) is 6.86. The molecule has 1 fully saturated rings. The Morgan fingerprint density at radius 1 is 1.19 bits per heavy atom. The number of piperazine rings is 1. The van der Waals surface area contributed by atoms with Crippen molar-refractivity contribution < 1.29 is 19.6 Å². The summed E-state index contributed by atoms with van der Waals surface area (Å²) in [6.45, 7) is 6.23. The summed E-state index contributed by atoms with van der Waals surface area (Å²) in [5.41, 5.74) is 1.18. The van der Waals surface area contributed by atoms with Gasteiger partial charge in [0.15, 0.2) is 6.04 Å². The lowest BCUT2D eigenvalue weighted by atomic mass is 10.0. The minimum Gasteiger partial charge on any atom is -0.497 e. The summed E-state index contributed by atoms with van der Waals surface area (Å²) in [5, 5.41) is 15.2. The Labute approximate surface area is 156 Å². The molecule has 0 amide bonds. The third kappa shape index (κ3) is 3.04. The number of fused-ring (bicyclic) bond motifs is 1. The fourth-order valence-corrected chi connectivity index (χ4v) is 4.88. The third-order valence-electron chi connectivity index (χ3n) is 5.17. The lowest BCUT2D eigenvalue weighted by Crippen LogP contribution is -3.27. The summed E-state index contributed by atoms with van der Waals surface area (Å²) in [5.74, 6) is 1.73. The van der Waals surface area contributed by atoms with Crippen molar-refractivity contribution in [1.29, 1.82) is 0 Å². The number of nitrogens with zero attached hydrogens (tertiary/aromatic N) is 3. The molecule has 4 rings (SSSR count). The number of methoxy groups -OCH3 is 1. The summed E-state index contributed by atoms with van der Waals surface area (Å²) >= 11 is 1.53. The van der Waals surface area contributed by atoms with Crippen LogP contribution in [0, 0.1) is 6.92 Å². The molecule has 2 aromatic heterocycles. The van der Waals surface area contributed by atoms with Gasteiger partial charge in [0.05, 0.1) is 14.2 Å². The van der Waals surface area contributed by atoms with Crippen LogP contribution in [0.2, 0.25) is 0 Å². The van der Waals surface area contributed by atoms with E-state index >= 15 is 0 Å². The van der Waals surface area contributed by atoms with Gasteiger partial charge in [-0.2, -0.15) is 4.52 Å². The second-order valence-corrected chi connectivity index (χ2v) is 7.97. The molecule has 3 N–H and O–H groups in total. The van der Waals surface area contributed by atoms with E-state index in [0.717, 1.165) is 41.8 Å². The van der Waals surface area contributed by atoms with E-state index in [0.29, 0.717) is 5.82 Å². The molecule has 3 heterocycles. The van der Waals surface area contributed by atoms with Gasteiger partial charge < -0.3 is 19.6 Å². The number of benzene rings is 1. The van der Waals surface area contributed by atoms with E-state index < -0.39 is 0 Å². The van der Waals surface area contributed by atoms with Crippen LogP contribution < -0.4 is 14.5 Å². The van der Waals surface area contributed by atoms with Gasteiger partial charge in [0, 0.05) is 5.56 Å². The van der Waals surface area contributed by atoms with Crippen LogP contribution in [0.5, 0.6) is 11.6 Å². The van der Waals surface area contributed by atoms with Gasteiger partial charge >= 0.3 is 0 Å². The smallest absolute Gasteiger partial charge is 0.235 e. The fraction of sp³-hybridized carbons (Fsp3) is 0.444. The van der Waals surface area contributed by atoms with Crippen molar-refractivity contribution >= 4 is 16.3 Å². The molecule has 0 radical (unpaired) electrons. The minimum atomic E-state index is 0.0720. The number of likely N-dealkylation sites (N-methyl/N-ethyl adjacent to an activating group) is 1.